The Kier molecular flexibility index (Phi) is 11.4. The Morgan fingerprint density at radius 2 is 2.00 bits per heavy atom. The van der Waals surface area contributed by atoms with E-state index >= 15 is 0 Å². The smallest absolute Gasteiger partial charge is 0.191 e. The molecule has 0 amide bonds. The molecule has 0 saturated carbocycles. The van der Waals surface area contributed by atoms with Crippen molar-refractivity contribution in [3.8, 4) is 0 Å². The van der Waals surface area contributed by atoms with Gasteiger partial charge in [-0.1, -0.05) is 25.8 Å². The highest BCUT2D eigenvalue weighted by Crippen LogP contribution is 1.99. The van der Waals surface area contributed by atoms with Crippen LogP contribution in [0.25, 0.3) is 0 Å². The van der Waals surface area contributed by atoms with Gasteiger partial charge in [-0.25, -0.2) is 4.99 Å². The predicted molar refractivity (Wildman–Crippen MR) is 96.7 cm³/mol. The van der Waals surface area contributed by atoms with Crippen LogP contribution in [0, 0.1) is 6.92 Å². The topological polar surface area (TPSA) is 49.3 Å². The van der Waals surface area contributed by atoms with Gasteiger partial charge in [-0.2, -0.15) is 0 Å². The summed E-state index contributed by atoms with van der Waals surface area (Å²) in [6, 6.07) is 6.04. The summed E-state index contributed by atoms with van der Waals surface area (Å²) < 4.78 is 0. The van der Waals surface area contributed by atoms with E-state index in [9.17, 15) is 0 Å². The van der Waals surface area contributed by atoms with Crippen LogP contribution in [0.5, 0.6) is 0 Å². The molecule has 0 fully saturated rings. The third kappa shape index (κ3) is 8.35. The molecule has 0 saturated heterocycles. The number of aromatic nitrogens is 1. The van der Waals surface area contributed by atoms with Crippen LogP contribution in [-0.2, 0) is 6.54 Å². The molecule has 0 aliphatic carbocycles. The lowest BCUT2D eigenvalue weighted by molar-refractivity contribution is 0.683. The molecule has 0 aliphatic heterocycles. The van der Waals surface area contributed by atoms with Crippen LogP contribution in [0.3, 0.4) is 0 Å². The van der Waals surface area contributed by atoms with Gasteiger partial charge in [-0.15, -0.1) is 24.0 Å². The van der Waals surface area contributed by atoms with E-state index in [4.69, 9.17) is 0 Å². The predicted octanol–water partition coefficient (Wildman–Crippen LogP) is 3.25. The average Bonchev–Trinajstić information content (AvgIpc) is 2.41. The van der Waals surface area contributed by atoms with Gasteiger partial charge in [-0.3, -0.25) is 4.98 Å². The number of pyridine rings is 1. The minimum absolute atomic E-state index is 0. The minimum Gasteiger partial charge on any atom is -0.357 e. The molecule has 1 heterocycles. The van der Waals surface area contributed by atoms with E-state index in [1.807, 2.05) is 25.1 Å². The number of halogens is 1. The van der Waals surface area contributed by atoms with E-state index in [1.165, 1.54) is 19.3 Å². The van der Waals surface area contributed by atoms with E-state index < -0.39 is 0 Å². The molecule has 0 radical (unpaired) electrons. The number of nitrogens with one attached hydrogen (secondary N) is 2. The zero-order valence-corrected chi connectivity index (χ0v) is 15.1. The summed E-state index contributed by atoms with van der Waals surface area (Å²) in [5.74, 6) is 0.877. The van der Waals surface area contributed by atoms with Crippen molar-refractivity contribution in [3.05, 3.63) is 29.6 Å². The Morgan fingerprint density at radius 3 is 2.65 bits per heavy atom. The summed E-state index contributed by atoms with van der Waals surface area (Å²) in [5, 5.41) is 6.61. The molecule has 20 heavy (non-hydrogen) atoms. The Labute approximate surface area is 139 Å². The van der Waals surface area contributed by atoms with Crippen LogP contribution in [-0.4, -0.2) is 24.0 Å². The lowest BCUT2D eigenvalue weighted by atomic mass is 10.2. The molecule has 4 nitrogen and oxygen atoms in total. The summed E-state index contributed by atoms with van der Waals surface area (Å²) in [7, 11) is 0. The number of aliphatic imine (C=N–C) groups is 1. The first-order valence-electron chi connectivity index (χ1n) is 7.21. The second-order valence-corrected chi connectivity index (χ2v) is 4.60. The number of guanidine groups is 1. The van der Waals surface area contributed by atoms with E-state index in [0.29, 0.717) is 6.54 Å². The molecular weight excluding hydrogens is 363 g/mol. The lowest BCUT2D eigenvalue weighted by Crippen LogP contribution is -2.37. The van der Waals surface area contributed by atoms with E-state index in [-0.39, 0.29) is 24.0 Å². The second kappa shape index (κ2) is 11.9. The van der Waals surface area contributed by atoms with E-state index in [1.54, 1.807) is 0 Å². The van der Waals surface area contributed by atoms with Gasteiger partial charge in [0.25, 0.3) is 0 Å². The molecule has 2 N–H and O–H groups in total. The summed E-state index contributed by atoms with van der Waals surface area (Å²) in [6.07, 6.45) is 3.68. The zero-order chi connectivity index (χ0) is 13.9. The van der Waals surface area contributed by atoms with Crippen molar-refractivity contribution in [2.75, 3.05) is 13.1 Å². The van der Waals surface area contributed by atoms with Crippen LogP contribution < -0.4 is 10.6 Å². The number of unbranched alkanes of at least 4 members (excludes halogenated alkanes) is 2. The quantitative estimate of drug-likeness (QED) is 0.325. The third-order valence-corrected chi connectivity index (χ3v) is 2.76. The van der Waals surface area contributed by atoms with Gasteiger partial charge in [0.15, 0.2) is 5.96 Å². The zero-order valence-electron chi connectivity index (χ0n) is 12.8. The van der Waals surface area contributed by atoms with Gasteiger partial charge in [0.2, 0.25) is 0 Å². The minimum atomic E-state index is 0. The van der Waals surface area contributed by atoms with Gasteiger partial charge >= 0.3 is 0 Å². The number of rotatable bonds is 7. The van der Waals surface area contributed by atoms with Gasteiger partial charge in [-0.05, 0) is 32.4 Å². The largest absolute Gasteiger partial charge is 0.357 e. The number of nitrogens with zero attached hydrogens (tertiary/aromatic N) is 2. The molecule has 0 bridgehead atoms. The molecule has 1 aromatic heterocycles. The van der Waals surface area contributed by atoms with E-state index in [0.717, 1.165) is 30.4 Å². The second-order valence-electron chi connectivity index (χ2n) is 4.60. The number of aryl methyl sites for hydroxylation is 1. The fourth-order valence-electron chi connectivity index (χ4n) is 1.77. The average molecular weight is 390 g/mol. The standard InChI is InChI=1S/C15H26N4.HI/c1-4-6-7-11-17-15(16-5-2)18-12-14-10-8-9-13(3)19-14;/h8-10H,4-7,11-12H2,1-3H3,(H2,16,17,18);1H. The highest BCUT2D eigenvalue weighted by atomic mass is 127. The highest BCUT2D eigenvalue weighted by Gasteiger charge is 1.98. The third-order valence-electron chi connectivity index (χ3n) is 2.76. The van der Waals surface area contributed by atoms with Crippen molar-refractivity contribution in [2.24, 2.45) is 4.99 Å². The normalized spacial score (nSPS) is 10.8. The first-order valence-corrected chi connectivity index (χ1v) is 7.21. The van der Waals surface area contributed by atoms with Crippen LogP contribution >= 0.6 is 24.0 Å². The lowest BCUT2D eigenvalue weighted by Gasteiger charge is -2.10. The maximum Gasteiger partial charge on any atom is 0.191 e. The number of hydrogen-bond donors (Lipinski definition) is 2. The monoisotopic (exact) mass is 390 g/mol. The van der Waals surface area contributed by atoms with Gasteiger partial charge in [0.1, 0.15) is 0 Å². The van der Waals surface area contributed by atoms with Gasteiger partial charge < -0.3 is 10.6 Å². The van der Waals surface area contributed by atoms with Crippen LogP contribution in [0.1, 0.15) is 44.5 Å². The summed E-state index contributed by atoms with van der Waals surface area (Å²) in [4.78, 5) is 9.01. The van der Waals surface area contributed by atoms with Crippen molar-refractivity contribution in [2.45, 2.75) is 46.6 Å². The summed E-state index contributed by atoms with van der Waals surface area (Å²) >= 11 is 0. The van der Waals surface area contributed by atoms with Crippen LogP contribution in [0.2, 0.25) is 0 Å². The first-order chi connectivity index (χ1) is 9.26. The molecule has 0 aromatic carbocycles. The molecule has 0 aliphatic rings. The molecule has 5 heteroatoms. The summed E-state index contributed by atoms with van der Waals surface area (Å²) in [5.41, 5.74) is 2.04. The molecule has 0 atom stereocenters. The van der Waals surface area contributed by atoms with Crippen LogP contribution in [0.15, 0.2) is 23.2 Å². The summed E-state index contributed by atoms with van der Waals surface area (Å²) in [6.45, 7) is 8.75. The fraction of sp³-hybridized carbons (Fsp3) is 0.600. The number of hydrogen-bond acceptors (Lipinski definition) is 2. The first kappa shape index (κ1) is 19.1. The Hall–Kier alpha value is -0.850. The molecule has 0 unspecified atom stereocenters. The molecule has 0 spiro atoms. The van der Waals surface area contributed by atoms with Crippen LogP contribution in [0.4, 0.5) is 0 Å². The van der Waals surface area contributed by atoms with E-state index in [2.05, 4.69) is 34.5 Å². The van der Waals surface area contributed by atoms with Gasteiger partial charge in [0, 0.05) is 18.8 Å². The van der Waals surface area contributed by atoms with Crippen molar-refractivity contribution < 1.29 is 0 Å². The molecular formula is C15H27IN4. The maximum absolute atomic E-state index is 4.55. The van der Waals surface area contributed by atoms with Crippen molar-refractivity contribution in [3.63, 3.8) is 0 Å². The fourth-order valence-corrected chi connectivity index (χ4v) is 1.77. The molecule has 114 valence electrons. The Morgan fingerprint density at radius 1 is 1.20 bits per heavy atom. The maximum atomic E-state index is 4.55. The SMILES string of the molecule is CCCCCNC(=NCc1cccc(C)n1)NCC.I. The molecule has 1 aromatic rings. The highest BCUT2D eigenvalue weighted by molar-refractivity contribution is 14.0. The Bertz CT molecular complexity index is 393. The Balaban J connectivity index is 0.00000361. The van der Waals surface area contributed by atoms with Crippen molar-refractivity contribution in [1.29, 1.82) is 0 Å². The van der Waals surface area contributed by atoms with Gasteiger partial charge in [0.05, 0.1) is 12.2 Å². The molecule has 1 rings (SSSR count). The van der Waals surface area contributed by atoms with Crippen molar-refractivity contribution in [1.82, 2.24) is 15.6 Å². The van der Waals surface area contributed by atoms with Crippen molar-refractivity contribution >= 4 is 29.9 Å².